The fraction of sp³-hybridized carbons (Fsp3) is 0.333. The van der Waals surface area contributed by atoms with Crippen LogP contribution < -0.4 is 0 Å². The molecule has 0 N–H and O–H groups in total. The molecule has 116 valence electrons. The van der Waals surface area contributed by atoms with Crippen LogP contribution in [0.5, 0.6) is 0 Å². The predicted molar refractivity (Wildman–Crippen MR) is 74.2 cm³/mol. The van der Waals surface area contributed by atoms with Gasteiger partial charge in [0.05, 0.1) is 6.20 Å². The van der Waals surface area contributed by atoms with E-state index in [1.807, 2.05) is 6.92 Å². The molecule has 0 atom stereocenters. The smallest absolute Gasteiger partial charge is 0.416 e. The molecule has 2 heterocycles. The normalized spacial score (nSPS) is 16.2. The summed E-state index contributed by atoms with van der Waals surface area (Å²) < 4.78 is 35.2. The van der Waals surface area contributed by atoms with E-state index in [1.54, 1.807) is 24.5 Å². The number of aromatic nitrogens is 2. The molecule has 0 unspecified atom stereocenters. The third-order valence-corrected chi connectivity index (χ3v) is 3.59. The second-order valence-electron chi connectivity index (χ2n) is 5.20. The van der Waals surface area contributed by atoms with Crippen molar-refractivity contribution < 1.29 is 18.3 Å². The molecule has 0 radical (unpaired) electrons. The first-order valence-electron chi connectivity index (χ1n) is 6.88. The highest BCUT2D eigenvalue weighted by molar-refractivity contribution is 5.69. The van der Waals surface area contributed by atoms with Crippen molar-refractivity contribution in [2.45, 2.75) is 26.1 Å². The number of hydrogen-bond acceptors (Lipinski definition) is 3. The summed E-state index contributed by atoms with van der Waals surface area (Å²) in [5.41, 5.74) is 1.31. The van der Waals surface area contributed by atoms with E-state index in [-0.39, 0.29) is 18.8 Å². The Balaban J connectivity index is 1.73. The molecule has 0 aliphatic carbocycles. The van der Waals surface area contributed by atoms with E-state index in [4.69, 9.17) is 4.74 Å². The average molecular weight is 307 g/mol. The lowest BCUT2D eigenvalue weighted by molar-refractivity contribution is -0.148. The van der Waals surface area contributed by atoms with Gasteiger partial charge in [-0.05, 0) is 24.5 Å². The van der Waals surface area contributed by atoms with Gasteiger partial charge in [0.25, 0.3) is 0 Å². The average Bonchev–Trinajstić information content (AvgIpc) is 2.90. The van der Waals surface area contributed by atoms with Crippen LogP contribution in [0.2, 0.25) is 0 Å². The highest BCUT2D eigenvalue weighted by atomic mass is 19.3. The van der Waals surface area contributed by atoms with E-state index in [2.05, 4.69) is 5.10 Å². The SMILES string of the molecule is Cc1cnn(COC(=O)N2CCc3ccccc3C2(F)F)c1. The number of benzene rings is 1. The second kappa shape index (κ2) is 5.40. The summed E-state index contributed by atoms with van der Waals surface area (Å²) in [6, 6.07) is 2.87. The molecule has 7 heteroatoms. The first-order chi connectivity index (χ1) is 10.5. The number of carbonyl (C=O) groups is 1. The Morgan fingerprint density at radius 2 is 2.18 bits per heavy atom. The van der Waals surface area contributed by atoms with Crippen LogP contribution in [0.15, 0.2) is 36.7 Å². The van der Waals surface area contributed by atoms with Crippen LogP contribution in [0.1, 0.15) is 16.7 Å². The van der Waals surface area contributed by atoms with Gasteiger partial charge in [0.2, 0.25) is 0 Å². The van der Waals surface area contributed by atoms with Gasteiger partial charge in [-0.15, -0.1) is 0 Å². The van der Waals surface area contributed by atoms with Crippen LogP contribution in [0, 0.1) is 6.92 Å². The molecule has 22 heavy (non-hydrogen) atoms. The standard InChI is InChI=1S/C15H15F2N3O2/c1-11-8-18-19(9-11)10-22-14(21)20-7-6-12-4-2-3-5-13(12)15(20,16)17/h2-5,8-9H,6-7,10H2,1H3. The highest BCUT2D eigenvalue weighted by Gasteiger charge is 2.47. The monoisotopic (exact) mass is 307 g/mol. The Morgan fingerprint density at radius 1 is 1.41 bits per heavy atom. The Bertz CT molecular complexity index is 700. The summed E-state index contributed by atoms with van der Waals surface area (Å²) in [6.45, 7) is 1.56. The predicted octanol–water partition coefficient (Wildman–Crippen LogP) is 2.89. The molecule has 5 nitrogen and oxygen atoms in total. The molecule has 1 aromatic carbocycles. The van der Waals surface area contributed by atoms with Crippen molar-refractivity contribution in [2.75, 3.05) is 6.54 Å². The largest absolute Gasteiger partial charge is 0.426 e. The van der Waals surface area contributed by atoms with Gasteiger partial charge in [0.1, 0.15) is 0 Å². The van der Waals surface area contributed by atoms with Gasteiger partial charge < -0.3 is 4.74 Å². The van der Waals surface area contributed by atoms with Crippen LogP contribution in [-0.2, 0) is 23.9 Å². The maximum atomic E-state index is 14.4. The van der Waals surface area contributed by atoms with Crippen molar-refractivity contribution >= 4 is 6.09 Å². The number of rotatable bonds is 2. The van der Waals surface area contributed by atoms with E-state index in [1.165, 1.54) is 16.8 Å². The minimum atomic E-state index is -3.37. The zero-order valence-electron chi connectivity index (χ0n) is 12.0. The number of halogens is 2. The lowest BCUT2D eigenvalue weighted by Crippen LogP contribution is -2.48. The molecule has 0 saturated carbocycles. The van der Waals surface area contributed by atoms with Gasteiger partial charge in [-0.3, -0.25) is 0 Å². The summed E-state index contributed by atoms with van der Waals surface area (Å²) in [5, 5.41) is 3.94. The number of fused-ring (bicyclic) bond motifs is 1. The zero-order valence-corrected chi connectivity index (χ0v) is 12.0. The van der Waals surface area contributed by atoms with Crippen molar-refractivity contribution in [3.05, 3.63) is 53.3 Å². The number of carbonyl (C=O) groups excluding carboxylic acids is 1. The molecular weight excluding hydrogens is 292 g/mol. The van der Waals surface area contributed by atoms with Crippen molar-refractivity contribution in [1.82, 2.24) is 14.7 Å². The molecule has 0 fully saturated rings. The van der Waals surface area contributed by atoms with Crippen molar-refractivity contribution in [3.8, 4) is 0 Å². The van der Waals surface area contributed by atoms with Gasteiger partial charge in [-0.25, -0.2) is 14.4 Å². The van der Waals surface area contributed by atoms with Gasteiger partial charge in [0, 0.05) is 18.3 Å². The molecule has 1 aliphatic heterocycles. The molecule has 3 rings (SSSR count). The molecular formula is C15H15F2N3O2. The third kappa shape index (κ3) is 2.54. The van der Waals surface area contributed by atoms with Crippen molar-refractivity contribution in [3.63, 3.8) is 0 Å². The van der Waals surface area contributed by atoms with Gasteiger partial charge >= 0.3 is 12.1 Å². The highest BCUT2D eigenvalue weighted by Crippen LogP contribution is 2.38. The summed E-state index contributed by atoms with van der Waals surface area (Å²) in [7, 11) is 0. The van der Waals surface area contributed by atoms with E-state index >= 15 is 0 Å². The second-order valence-corrected chi connectivity index (χ2v) is 5.20. The summed E-state index contributed by atoms with van der Waals surface area (Å²) in [4.78, 5) is 12.5. The molecule has 1 amide bonds. The maximum Gasteiger partial charge on any atom is 0.416 e. The first kappa shape index (κ1) is 14.5. The minimum absolute atomic E-state index is 0.0824. The first-order valence-corrected chi connectivity index (χ1v) is 6.88. The summed E-state index contributed by atoms with van der Waals surface area (Å²) in [5.74, 6) is 0. The Kier molecular flexibility index (Phi) is 3.56. The van der Waals surface area contributed by atoms with Crippen LogP contribution >= 0.6 is 0 Å². The quantitative estimate of drug-likeness (QED) is 0.802. The van der Waals surface area contributed by atoms with Crippen LogP contribution in [0.4, 0.5) is 13.6 Å². The number of amides is 1. The molecule has 0 spiro atoms. The Labute approximate surface area is 126 Å². The third-order valence-electron chi connectivity index (χ3n) is 3.59. The van der Waals surface area contributed by atoms with Crippen LogP contribution in [-0.4, -0.2) is 27.3 Å². The molecule has 1 aromatic heterocycles. The number of nitrogens with zero attached hydrogens (tertiary/aromatic N) is 3. The van der Waals surface area contributed by atoms with E-state index in [0.717, 1.165) is 5.56 Å². The van der Waals surface area contributed by atoms with Gasteiger partial charge in [-0.1, -0.05) is 24.3 Å². The maximum absolute atomic E-state index is 14.4. The Morgan fingerprint density at radius 3 is 2.91 bits per heavy atom. The zero-order chi connectivity index (χ0) is 15.7. The van der Waals surface area contributed by atoms with Crippen molar-refractivity contribution in [1.29, 1.82) is 0 Å². The fourth-order valence-corrected chi connectivity index (χ4v) is 2.49. The molecule has 2 aromatic rings. The number of ether oxygens (including phenoxy) is 1. The number of hydrogen-bond donors (Lipinski definition) is 0. The van der Waals surface area contributed by atoms with Gasteiger partial charge in [0.15, 0.2) is 6.73 Å². The number of alkyl halides is 2. The van der Waals surface area contributed by atoms with E-state index in [9.17, 15) is 13.6 Å². The Hall–Kier alpha value is -2.44. The van der Waals surface area contributed by atoms with Gasteiger partial charge in [-0.2, -0.15) is 13.9 Å². The lowest BCUT2D eigenvalue weighted by atomic mass is 9.98. The molecule has 1 aliphatic rings. The topological polar surface area (TPSA) is 47.4 Å². The fourth-order valence-electron chi connectivity index (χ4n) is 2.49. The minimum Gasteiger partial charge on any atom is -0.426 e. The lowest BCUT2D eigenvalue weighted by Gasteiger charge is -2.35. The summed E-state index contributed by atoms with van der Waals surface area (Å²) in [6.07, 6.45) is 2.59. The van der Waals surface area contributed by atoms with E-state index in [0.29, 0.717) is 16.9 Å². The number of aryl methyl sites for hydroxylation is 1. The van der Waals surface area contributed by atoms with Crippen molar-refractivity contribution in [2.24, 2.45) is 0 Å². The van der Waals surface area contributed by atoms with Crippen LogP contribution in [0.25, 0.3) is 0 Å². The summed E-state index contributed by atoms with van der Waals surface area (Å²) >= 11 is 0. The molecule has 0 saturated heterocycles. The molecule has 0 bridgehead atoms. The van der Waals surface area contributed by atoms with Crippen LogP contribution in [0.3, 0.4) is 0 Å². The van der Waals surface area contributed by atoms with E-state index < -0.39 is 12.1 Å².